The van der Waals surface area contributed by atoms with Crippen LogP contribution in [-0.2, 0) is 6.54 Å². The zero-order valence-corrected chi connectivity index (χ0v) is 13.8. The number of carbonyl (C=O) groups is 1. The average molecular weight is 327 g/mol. The first-order valence-corrected chi connectivity index (χ1v) is 7.97. The highest BCUT2D eigenvalue weighted by atomic mass is 32.1. The molecule has 6 heteroatoms. The van der Waals surface area contributed by atoms with Crippen LogP contribution >= 0.6 is 11.3 Å². The maximum absolute atomic E-state index is 12.4. The van der Waals surface area contributed by atoms with Gasteiger partial charge in [-0.25, -0.2) is 0 Å². The average Bonchev–Trinajstić information content (AvgIpc) is 3.18. The van der Waals surface area contributed by atoms with E-state index in [0.717, 1.165) is 22.7 Å². The number of aromatic nitrogens is 1. The molecule has 0 saturated carbocycles. The summed E-state index contributed by atoms with van der Waals surface area (Å²) >= 11 is 1.40. The highest BCUT2D eigenvalue weighted by Gasteiger charge is 2.12. The number of nitrogens with one attached hydrogen (secondary N) is 1. The number of anilines is 1. The monoisotopic (exact) mass is 327 g/mol. The van der Waals surface area contributed by atoms with Gasteiger partial charge in [0.15, 0.2) is 0 Å². The Kier molecular flexibility index (Phi) is 4.55. The Labute approximate surface area is 138 Å². The van der Waals surface area contributed by atoms with E-state index in [0.29, 0.717) is 10.6 Å². The summed E-state index contributed by atoms with van der Waals surface area (Å²) in [6.07, 6.45) is 5.07. The first kappa shape index (κ1) is 15.5. The highest BCUT2D eigenvalue weighted by molar-refractivity contribution is 7.17. The molecule has 3 heterocycles. The van der Waals surface area contributed by atoms with Crippen molar-refractivity contribution in [3.8, 4) is 10.6 Å². The van der Waals surface area contributed by atoms with Crippen molar-refractivity contribution < 1.29 is 9.21 Å². The molecule has 0 fully saturated rings. The lowest BCUT2D eigenvalue weighted by Crippen LogP contribution is -2.13. The van der Waals surface area contributed by atoms with Gasteiger partial charge in [0, 0.05) is 12.7 Å². The Morgan fingerprint density at radius 1 is 1.30 bits per heavy atom. The Morgan fingerprint density at radius 2 is 2.17 bits per heavy atom. The normalized spacial score (nSPS) is 10.9. The van der Waals surface area contributed by atoms with E-state index >= 15 is 0 Å². The number of furan rings is 1. The molecule has 0 bridgehead atoms. The predicted molar refractivity (Wildman–Crippen MR) is 91.6 cm³/mol. The molecule has 23 heavy (non-hydrogen) atoms. The number of hydrogen-bond acceptors (Lipinski definition) is 5. The quantitative estimate of drug-likeness (QED) is 0.776. The van der Waals surface area contributed by atoms with Crippen LogP contribution in [0.4, 0.5) is 5.69 Å². The van der Waals surface area contributed by atoms with E-state index in [9.17, 15) is 4.79 Å². The fraction of sp³-hybridized carbons (Fsp3) is 0.176. The van der Waals surface area contributed by atoms with Gasteiger partial charge in [-0.2, -0.15) is 0 Å². The first-order chi connectivity index (χ1) is 11.1. The summed E-state index contributed by atoms with van der Waals surface area (Å²) in [5, 5.41) is 2.89. The predicted octanol–water partition coefficient (Wildman–Crippen LogP) is 3.72. The lowest BCUT2D eigenvalue weighted by molar-refractivity contribution is 0.103. The third-order valence-corrected chi connectivity index (χ3v) is 4.24. The second-order valence-corrected chi connectivity index (χ2v) is 6.50. The van der Waals surface area contributed by atoms with Gasteiger partial charge in [-0.1, -0.05) is 0 Å². The van der Waals surface area contributed by atoms with Gasteiger partial charge in [0.1, 0.15) is 5.76 Å². The van der Waals surface area contributed by atoms with Crippen LogP contribution in [0, 0.1) is 0 Å². The molecule has 118 valence electrons. The van der Waals surface area contributed by atoms with Crippen LogP contribution in [-0.4, -0.2) is 29.9 Å². The molecule has 3 aromatic heterocycles. The molecule has 0 aliphatic carbocycles. The summed E-state index contributed by atoms with van der Waals surface area (Å²) in [4.78, 5) is 20.2. The van der Waals surface area contributed by atoms with Gasteiger partial charge in [0.05, 0.1) is 27.9 Å². The van der Waals surface area contributed by atoms with Crippen molar-refractivity contribution in [3.63, 3.8) is 0 Å². The Hall–Kier alpha value is -2.44. The highest BCUT2D eigenvalue weighted by Crippen LogP contribution is 2.28. The van der Waals surface area contributed by atoms with Gasteiger partial charge in [0.25, 0.3) is 5.91 Å². The van der Waals surface area contributed by atoms with E-state index in [1.54, 1.807) is 24.7 Å². The van der Waals surface area contributed by atoms with Crippen molar-refractivity contribution in [2.75, 3.05) is 19.4 Å². The van der Waals surface area contributed by atoms with E-state index in [1.165, 1.54) is 11.3 Å². The zero-order chi connectivity index (χ0) is 16.2. The Morgan fingerprint density at radius 3 is 2.91 bits per heavy atom. The standard InChI is InChI=1S/C17H17N3O2S/c1-20(2)11-12-8-13(10-18-9-12)19-17(21)16-6-5-15(23-16)14-4-3-7-22-14/h3-10H,11H2,1-2H3,(H,19,21). The molecule has 0 radical (unpaired) electrons. The van der Waals surface area contributed by atoms with Crippen LogP contribution in [0.1, 0.15) is 15.2 Å². The van der Waals surface area contributed by atoms with E-state index in [4.69, 9.17) is 4.42 Å². The van der Waals surface area contributed by atoms with Crippen molar-refractivity contribution in [1.82, 2.24) is 9.88 Å². The molecule has 0 unspecified atom stereocenters. The fourth-order valence-electron chi connectivity index (χ4n) is 2.21. The van der Waals surface area contributed by atoms with Crippen LogP contribution in [0.2, 0.25) is 0 Å². The molecule has 0 aliphatic heterocycles. The molecule has 0 atom stereocenters. The van der Waals surface area contributed by atoms with E-state index < -0.39 is 0 Å². The zero-order valence-electron chi connectivity index (χ0n) is 12.9. The minimum absolute atomic E-state index is 0.142. The number of thiophene rings is 1. The van der Waals surface area contributed by atoms with Crippen LogP contribution in [0.5, 0.6) is 0 Å². The lowest BCUT2D eigenvalue weighted by Gasteiger charge is -2.10. The summed E-state index contributed by atoms with van der Waals surface area (Å²) in [5.74, 6) is 0.625. The van der Waals surface area contributed by atoms with Crippen molar-refractivity contribution in [1.29, 1.82) is 0 Å². The maximum Gasteiger partial charge on any atom is 0.265 e. The van der Waals surface area contributed by atoms with Gasteiger partial charge >= 0.3 is 0 Å². The molecule has 0 saturated heterocycles. The van der Waals surface area contributed by atoms with Crippen molar-refractivity contribution in [3.05, 3.63) is 59.4 Å². The van der Waals surface area contributed by atoms with E-state index in [1.807, 2.05) is 38.4 Å². The SMILES string of the molecule is CN(C)Cc1cncc(NC(=O)c2ccc(-c3ccco3)s2)c1. The number of carbonyl (C=O) groups excluding carboxylic acids is 1. The van der Waals surface area contributed by atoms with Gasteiger partial charge in [-0.15, -0.1) is 11.3 Å². The Bertz CT molecular complexity index is 794. The number of amides is 1. The molecule has 3 rings (SSSR count). The molecule has 0 aliphatic rings. The van der Waals surface area contributed by atoms with Gasteiger partial charge in [-0.05, 0) is 50.0 Å². The number of pyridine rings is 1. The molecular formula is C17H17N3O2S. The third-order valence-electron chi connectivity index (χ3n) is 3.15. The van der Waals surface area contributed by atoms with Crippen LogP contribution in [0.25, 0.3) is 10.6 Å². The van der Waals surface area contributed by atoms with Crippen molar-refractivity contribution in [2.24, 2.45) is 0 Å². The molecule has 5 nitrogen and oxygen atoms in total. The van der Waals surface area contributed by atoms with E-state index in [2.05, 4.69) is 15.2 Å². The van der Waals surface area contributed by atoms with Gasteiger partial charge in [-0.3, -0.25) is 9.78 Å². The van der Waals surface area contributed by atoms with Gasteiger partial charge in [0.2, 0.25) is 0 Å². The maximum atomic E-state index is 12.4. The first-order valence-electron chi connectivity index (χ1n) is 7.15. The summed E-state index contributed by atoms with van der Waals surface area (Å²) < 4.78 is 5.35. The van der Waals surface area contributed by atoms with Crippen molar-refractivity contribution in [2.45, 2.75) is 6.54 Å². The molecule has 0 spiro atoms. The molecular weight excluding hydrogens is 310 g/mol. The number of hydrogen-bond donors (Lipinski definition) is 1. The second kappa shape index (κ2) is 6.76. The van der Waals surface area contributed by atoms with Crippen LogP contribution in [0.15, 0.2) is 53.4 Å². The number of rotatable bonds is 5. The number of nitrogens with zero attached hydrogens (tertiary/aromatic N) is 2. The lowest BCUT2D eigenvalue weighted by atomic mass is 10.2. The summed E-state index contributed by atoms with van der Waals surface area (Å²) in [5.41, 5.74) is 1.75. The largest absolute Gasteiger partial charge is 0.464 e. The summed E-state index contributed by atoms with van der Waals surface area (Å²) in [7, 11) is 3.99. The molecule has 0 aromatic carbocycles. The molecule has 1 N–H and O–H groups in total. The third kappa shape index (κ3) is 3.85. The minimum Gasteiger partial charge on any atom is -0.464 e. The topological polar surface area (TPSA) is 58.4 Å². The van der Waals surface area contributed by atoms with Crippen LogP contribution < -0.4 is 5.32 Å². The molecule has 1 amide bonds. The smallest absolute Gasteiger partial charge is 0.265 e. The van der Waals surface area contributed by atoms with Crippen LogP contribution in [0.3, 0.4) is 0 Å². The molecule has 3 aromatic rings. The van der Waals surface area contributed by atoms with E-state index in [-0.39, 0.29) is 5.91 Å². The minimum atomic E-state index is -0.142. The van der Waals surface area contributed by atoms with Gasteiger partial charge < -0.3 is 14.6 Å². The van der Waals surface area contributed by atoms with Crippen molar-refractivity contribution >= 4 is 22.9 Å². The Balaban J connectivity index is 1.72. The summed E-state index contributed by atoms with van der Waals surface area (Å²) in [6, 6.07) is 9.33. The summed E-state index contributed by atoms with van der Waals surface area (Å²) in [6.45, 7) is 0.776. The fourth-order valence-corrected chi connectivity index (χ4v) is 3.08. The second-order valence-electron chi connectivity index (χ2n) is 5.41.